The number of hydrogen-bond acceptors (Lipinski definition) is 4. The molecule has 3 aromatic heterocycles. The topological polar surface area (TPSA) is 65.4 Å². The quantitative estimate of drug-likeness (QED) is 0.585. The van der Waals surface area contributed by atoms with Crippen LogP contribution in [0, 0.1) is 0 Å². The van der Waals surface area contributed by atoms with Gasteiger partial charge in [-0.3, -0.25) is 9.20 Å². The molecule has 1 saturated heterocycles. The maximum Gasteiger partial charge on any atom is 0.258 e. The summed E-state index contributed by atoms with van der Waals surface area (Å²) in [5.41, 5.74) is 4.39. The average molecular weight is 345 g/mol. The number of pyridine rings is 1. The van der Waals surface area contributed by atoms with Crippen LogP contribution < -0.4 is 15.8 Å². The highest BCUT2D eigenvalue weighted by Crippen LogP contribution is 2.23. The number of nitrogens with zero attached hydrogens (tertiary/aromatic N) is 3. The van der Waals surface area contributed by atoms with Crippen LogP contribution in [-0.2, 0) is 0 Å². The van der Waals surface area contributed by atoms with Crippen LogP contribution in [0.4, 0.5) is 5.69 Å². The molecule has 5 rings (SSSR count). The number of aromatic amines is 1. The summed E-state index contributed by atoms with van der Waals surface area (Å²) in [6, 6.07) is 13.7. The lowest BCUT2D eigenvalue weighted by Crippen LogP contribution is -2.43. The number of anilines is 1. The average Bonchev–Trinajstić information content (AvgIpc) is 3.16. The van der Waals surface area contributed by atoms with E-state index in [1.165, 1.54) is 0 Å². The molecule has 1 aliphatic heterocycles. The minimum Gasteiger partial charge on any atom is -0.368 e. The van der Waals surface area contributed by atoms with Crippen LogP contribution in [0.3, 0.4) is 0 Å². The summed E-state index contributed by atoms with van der Waals surface area (Å²) in [5.74, 6) is 0. The van der Waals surface area contributed by atoms with Gasteiger partial charge in [0.1, 0.15) is 5.65 Å². The van der Waals surface area contributed by atoms with Crippen LogP contribution >= 0.6 is 0 Å². The maximum absolute atomic E-state index is 12.7. The Labute approximate surface area is 150 Å². The molecule has 4 aromatic rings. The highest BCUT2D eigenvalue weighted by Gasteiger charge is 2.12. The van der Waals surface area contributed by atoms with E-state index in [1.54, 1.807) is 10.5 Å². The zero-order valence-corrected chi connectivity index (χ0v) is 14.3. The number of fused-ring (bicyclic) bond motifs is 2. The molecule has 0 radical (unpaired) electrons. The fourth-order valence-electron chi connectivity index (χ4n) is 3.56. The fraction of sp³-hybridized carbons (Fsp3) is 0.200. The summed E-state index contributed by atoms with van der Waals surface area (Å²) in [6.07, 6.45) is 3.81. The second-order valence-electron chi connectivity index (χ2n) is 6.61. The van der Waals surface area contributed by atoms with Gasteiger partial charge in [0.15, 0.2) is 0 Å². The summed E-state index contributed by atoms with van der Waals surface area (Å²) in [4.78, 5) is 22.9. The van der Waals surface area contributed by atoms with Crippen molar-refractivity contribution in [3.8, 4) is 11.3 Å². The van der Waals surface area contributed by atoms with E-state index in [-0.39, 0.29) is 5.56 Å². The monoisotopic (exact) mass is 345 g/mol. The summed E-state index contributed by atoms with van der Waals surface area (Å²) < 4.78 is 1.63. The molecule has 0 amide bonds. The van der Waals surface area contributed by atoms with Crippen LogP contribution in [-0.4, -0.2) is 40.5 Å². The van der Waals surface area contributed by atoms with Gasteiger partial charge in [-0.1, -0.05) is 6.07 Å². The number of piperazine rings is 1. The first kappa shape index (κ1) is 15.2. The Kier molecular flexibility index (Phi) is 3.50. The van der Waals surface area contributed by atoms with Crippen molar-refractivity contribution in [3.05, 3.63) is 65.2 Å². The van der Waals surface area contributed by atoms with E-state index in [0.29, 0.717) is 11.3 Å². The van der Waals surface area contributed by atoms with Gasteiger partial charge < -0.3 is 15.2 Å². The number of rotatable bonds is 2. The third kappa shape index (κ3) is 2.55. The van der Waals surface area contributed by atoms with Gasteiger partial charge in [0.2, 0.25) is 0 Å². The van der Waals surface area contributed by atoms with Crippen molar-refractivity contribution >= 4 is 22.2 Å². The van der Waals surface area contributed by atoms with Crippen molar-refractivity contribution < 1.29 is 0 Å². The van der Waals surface area contributed by atoms with E-state index in [0.717, 1.165) is 48.3 Å². The van der Waals surface area contributed by atoms with Crippen LogP contribution in [0.1, 0.15) is 0 Å². The molecule has 130 valence electrons. The Morgan fingerprint density at radius 3 is 2.77 bits per heavy atom. The molecular weight excluding hydrogens is 326 g/mol. The number of H-pyrrole nitrogens is 1. The Hall–Kier alpha value is -3.12. The smallest absolute Gasteiger partial charge is 0.258 e. The van der Waals surface area contributed by atoms with Gasteiger partial charge in [-0.05, 0) is 30.3 Å². The second kappa shape index (κ2) is 6.00. The van der Waals surface area contributed by atoms with Gasteiger partial charge in [-0.2, -0.15) is 0 Å². The molecule has 1 aromatic carbocycles. The molecule has 4 heterocycles. The Balaban J connectivity index is 1.59. The van der Waals surface area contributed by atoms with E-state index in [9.17, 15) is 4.79 Å². The van der Waals surface area contributed by atoms with E-state index >= 15 is 0 Å². The number of benzene rings is 1. The van der Waals surface area contributed by atoms with Crippen LogP contribution in [0.25, 0.3) is 27.8 Å². The Morgan fingerprint density at radius 1 is 1.00 bits per heavy atom. The van der Waals surface area contributed by atoms with E-state index in [2.05, 4.69) is 21.3 Å². The molecule has 1 aliphatic rings. The Bertz CT molecular complexity index is 1150. The molecule has 0 aliphatic carbocycles. The molecule has 0 bridgehead atoms. The minimum absolute atomic E-state index is 0.0591. The van der Waals surface area contributed by atoms with E-state index in [1.807, 2.05) is 42.7 Å². The lowest BCUT2D eigenvalue weighted by Gasteiger charge is -2.29. The van der Waals surface area contributed by atoms with Gasteiger partial charge in [0.05, 0.1) is 11.4 Å². The third-order valence-corrected chi connectivity index (χ3v) is 4.98. The van der Waals surface area contributed by atoms with Crippen molar-refractivity contribution in [3.63, 3.8) is 0 Å². The Morgan fingerprint density at radius 2 is 1.88 bits per heavy atom. The lowest BCUT2D eigenvalue weighted by atomic mass is 10.1. The van der Waals surface area contributed by atoms with Crippen molar-refractivity contribution in [1.82, 2.24) is 19.7 Å². The zero-order valence-electron chi connectivity index (χ0n) is 14.3. The molecular formula is C20H19N5O. The second-order valence-corrected chi connectivity index (χ2v) is 6.61. The third-order valence-electron chi connectivity index (χ3n) is 4.98. The molecule has 0 unspecified atom stereocenters. The normalized spacial score (nSPS) is 15.0. The van der Waals surface area contributed by atoms with Crippen molar-refractivity contribution in [2.24, 2.45) is 0 Å². The molecule has 0 atom stereocenters. The number of nitrogens with one attached hydrogen (secondary N) is 2. The van der Waals surface area contributed by atoms with E-state index < -0.39 is 0 Å². The first-order chi connectivity index (χ1) is 12.8. The molecule has 1 fully saturated rings. The molecule has 2 N–H and O–H groups in total. The van der Waals surface area contributed by atoms with Gasteiger partial charge in [-0.15, -0.1) is 0 Å². The minimum atomic E-state index is -0.0591. The van der Waals surface area contributed by atoms with Gasteiger partial charge >= 0.3 is 0 Å². The van der Waals surface area contributed by atoms with Crippen LogP contribution in [0.5, 0.6) is 0 Å². The van der Waals surface area contributed by atoms with Gasteiger partial charge in [-0.25, -0.2) is 4.98 Å². The van der Waals surface area contributed by atoms with E-state index in [4.69, 9.17) is 4.98 Å². The summed E-state index contributed by atoms with van der Waals surface area (Å²) in [5, 5.41) is 4.45. The summed E-state index contributed by atoms with van der Waals surface area (Å²) in [6.45, 7) is 3.82. The first-order valence-electron chi connectivity index (χ1n) is 8.85. The highest BCUT2D eigenvalue weighted by atomic mass is 16.1. The maximum atomic E-state index is 12.7. The van der Waals surface area contributed by atoms with Crippen molar-refractivity contribution in [1.29, 1.82) is 0 Å². The lowest BCUT2D eigenvalue weighted by molar-refractivity contribution is 0.588. The largest absolute Gasteiger partial charge is 0.368 e. The predicted octanol–water partition coefficient (Wildman–Crippen LogP) is 2.25. The number of hydrogen-bond donors (Lipinski definition) is 2. The van der Waals surface area contributed by atoms with Gasteiger partial charge in [0, 0.05) is 61.1 Å². The zero-order chi connectivity index (χ0) is 17.5. The number of aromatic nitrogens is 3. The summed E-state index contributed by atoms with van der Waals surface area (Å²) in [7, 11) is 0. The molecule has 0 saturated carbocycles. The molecule has 0 spiro atoms. The molecule has 26 heavy (non-hydrogen) atoms. The summed E-state index contributed by atoms with van der Waals surface area (Å²) >= 11 is 0. The standard InChI is InChI=1S/C20H19N5O/c26-20-12-18(14-1-3-17-15(11-14)5-6-22-17)23-19-4-2-16(13-25(19)20)24-9-7-21-8-10-24/h1-6,11-13,21-22H,7-10H2. The highest BCUT2D eigenvalue weighted by molar-refractivity contribution is 5.84. The first-order valence-corrected chi connectivity index (χ1v) is 8.85. The van der Waals surface area contributed by atoms with Crippen LogP contribution in [0.15, 0.2) is 59.7 Å². The van der Waals surface area contributed by atoms with Gasteiger partial charge in [0.25, 0.3) is 5.56 Å². The van der Waals surface area contributed by atoms with Crippen molar-refractivity contribution in [2.75, 3.05) is 31.1 Å². The van der Waals surface area contributed by atoms with Crippen molar-refractivity contribution in [2.45, 2.75) is 0 Å². The van der Waals surface area contributed by atoms with Crippen LogP contribution in [0.2, 0.25) is 0 Å². The molecule has 6 nitrogen and oxygen atoms in total. The molecule has 6 heteroatoms. The predicted molar refractivity (Wildman–Crippen MR) is 104 cm³/mol. The fourth-order valence-corrected chi connectivity index (χ4v) is 3.56. The SMILES string of the molecule is O=c1cc(-c2ccc3[nH]ccc3c2)nc2ccc(N3CCNCC3)cn12.